The molecule has 1 N–H and O–H groups in total. The molecule has 1 aliphatic carbocycles. The summed E-state index contributed by atoms with van der Waals surface area (Å²) < 4.78 is 5.45. The Balaban J connectivity index is 1.98. The maximum Gasteiger partial charge on any atom is 0.0647 e. The summed E-state index contributed by atoms with van der Waals surface area (Å²) in [6, 6.07) is 0.726. The molecule has 88 valence electrons. The quantitative estimate of drug-likeness (QED) is 0.539. The smallest absolute Gasteiger partial charge is 0.0647 e. The van der Waals surface area contributed by atoms with E-state index in [2.05, 4.69) is 12.2 Å². The van der Waals surface area contributed by atoms with Crippen molar-refractivity contribution in [1.82, 2.24) is 5.32 Å². The summed E-state index contributed by atoms with van der Waals surface area (Å²) in [5.41, 5.74) is 0. The topological polar surface area (TPSA) is 21.3 Å². The zero-order chi connectivity index (χ0) is 10.9. The summed E-state index contributed by atoms with van der Waals surface area (Å²) in [5, 5.41) is 3.60. The zero-order valence-corrected chi connectivity index (χ0v) is 10.2. The Morgan fingerprint density at radius 2 is 2.13 bits per heavy atom. The van der Waals surface area contributed by atoms with Crippen molar-refractivity contribution in [2.45, 2.75) is 45.6 Å². The van der Waals surface area contributed by atoms with Crippen LogP contribution in [0, 0.1) is 5.92 Å². The third kappa shape index (κ3) is 5.33. The molecular weight excluding hydrogens is 186 g/mol. The highest BCUT2D eigenvalue weighted by Crippen LogP contribution is 2.23. The van der Waals surface area contributed by atoms with Gasteiger partial charge in [0.15, 0.2) is 0 Å². The van der Waals surface area contributed by atoms with E-state index >= 15 is 0 Å². The summed E-state index contributed by atoms with van der Waals surface area (Å²) in [5.74, 6) is 0.842. The molecule has 15 heavy (non-hydrogen) atoms. The first-order valence-electron chi connectivity index (χ1n) is 6.27. The number of ether oxygens (including phenoxy) is 1. The van der Waals surface area contributed by atoms with Crippen molar-refractivity contribution in [2.75, 3.05) is 19.8 Å². The minimum Gasteiger partial charge on any atom is -0.376 e. The molecule has 0 saturated heterocycles. The lowest BCUT2D eigenvalue weighted by molar-refractivity contribution is 0.154. The fourth-order valence-corrected chi connectivity index (χ4v) is 2.18. The molecule has 0 radical (unpaired) electrons. The maximum absolute atomic E-state index is 5.45. The van der Waals surface area contributed by atoms with Gasteiger partial charge in [0.2, 0.25) is 0 Å². The van der Waals surface area contributed by atoms with Crippen molar-refractivity contribution in [2.24, 2.45) is 5.92 Å². The van der Waals surface area contributed by atoms with Gasteiger partial charge >= 0.3 is 0 Å². The lowest BCUT2D eigenvalue weighted by Gasteiger charge is -2.29. The highest BCUT2D eigenvalue weighted by molar-refractivity contribution is 4.78. The van der Waals surface area contributed by atoms with Gasteiger partial charge in [0.1, 0.15) is 0 Å². The van der Waals surface area contributed by atoms with Crippen LogP contribution in [-0.2, 0) is 4.74 Å². The van der Waals surface area contributed by atoms with E-state index in [4.69, 9.17) is 4.74 Å². The van der Waals surface area contributed by atoms with Gasteiger partial charge in [-0.05, 0) is 25.7 Å². The molecule has 2 nitrogen and oxygen atoms in total. The van der Waals surface area contributed by atoms with Gasteiger partial charge < -0.3 is 10.1 Å². The lowest BCUT2D eigenvalue weighted by Crippen LogP contribution is -2.38. The summed E-state index contributed by atoms with van der Waals surface area (Å²) in [6.07, 6.45) is 9.60. The molecule has 0 aromatic heterocycles. The highest BCUT2D eigenvalue weighted by atomic mass is 16.5. The molecule has 0 spiro atoms. The Morgan fingerprint density at radius 1 is 1.33 bits per heavy atom. The SMILES string of the molecule is CC=CCOCCNC1CCCCC1C. The number of hydrogen-bond acceptors (Lipinski definition) is 2. The summed E-state index contributed by atoms with van der Waals surface area (Å²) >= 11 is 0. The first-order chi connectivity index (χ1) is 7.34. The van der Waals surface area contributed by atoms with E-state index < -0.39 is 0 Å². The van der Waals surface area contributed by atoms with Crippen LogP contribution in [0.5, 0.6) is 0 Å². The van der Waals surface area contributed by atoms with Crippen LogP contribution in [0.1, 0.15) is 39.5 Å². The molecule has 2 unspecified atom stereocenters. The van der Waals surface area contributed by atoms with Gasteiger partial charge in [-0.3, -0.25) is 0 Å². The zero-order valence-electron chi connectivity index (χ0n) is 10.2. The van der Waals surface area contributed by atoms with Crippen LogP contribution in [-0.4, -0.2) is 25.8 Å². The van der Waals surface area contributed by atoms with Crippen molar-refractivity contribution >= 4 is 0 Å². The summed E-state index contributed by atoms with van der Waals surface area (Å²) in [4.78, 5) is 0. The predicted molar refractivity (Wildman–Crippen MR) is 65.1 cm³/mol. The third-order valence-electron chi connectivity index (χ3n) is 3.21. The fourth-order valence-electron chi connectivity index (χ4n) is 2.18. The van der Waals surface area contributed by atoms with E-state index in [1.54, 1.807) is 0 Å². The Kier molecular flexibility index (Phi) is 6.69. The van der Waals surface area contributed by atoms with E-state index in [0.717, 1.165) is 31.7 Å². The Bertz CT molecular complexity index is 179. The monoisotopic (exact) mass is 211 g/mol. The number of nitrogens with one attached hydrogen (secondary N) is 1. The van der Waals surface area contributed by atoms with Crippen molar-refractivity contribution in [3.8, 4) is 0 Å². The maximum atomic E-state index is 5.45. The van der Waals surface area contributed by atoms with Crippen LogP contribution in [0.3, 0.4) is 0 Å². The predicted octanol–water partition coefficient (Wildman–Crippen LogP) is 2.75. The summed E-state index contributed by atoms with van der Waals surface area (Å²) in [7, 11) is 0. The molecule has 2 heteroatoms. The van der Waals surface area contributed by atoms with Crippen molar-refractivity contribution in [3.05, 3.63) is 12.2 Å². The second-order valence-electron chi connectivity index (χ2n) is 4.47. The molecule has 0 aromatic carbocycles. The molecule has 1 aliphatic rings. The van der Waals surface area contributed by atoms with Crippen molar-refractivity contribution < 1.29 is 4.74 Å². The van der Waals surface area contributed by atoms with E-state index in [-0.39, 0.29) is 0 Å². The highest BCUT2D eigenvalue weighted by Gasteiger charge is 2.19. The second-order valence-corrected chi connectivity index (χ2v) is 4.47. The van der Waals surface area contributed by atoms with Gasteiger partial charge in [0.25, 0.3) is 0 Å². The van der Waals surface area contributed by atoms with Gasteiger partial charge in [-0.15, -0.1) is 0 Å². The molecule has 1 saturated carbocycles. The van der Waals surface area contributed by atoms with Crippen LogP contribution in [0.4, 0.5) is 0 Å². The number of allylic oxidation sites excluding steroid dienone is 1. The van der Waals surface area contributed by atoms with Gasteiger partial charge in [-0.25, -0.2) is 0 Å². The first-order valence-corrected chi connectivity index (χ1v) is 6.27. The molecule has 0 aromatic rings. The average molecular weight is 211 g/mol. The summed E-state index contributed by atoms with van der Waals surface area (Å²) in [6.45, 7) is 6.95. The largest absolute Gasteiger partial charge is 0.376 e. The van der Waals surface area contributed by atoms with E-state index in [0.29, 0.717) is 0 Å². The first kappa shape index (κ1) is 12.7. The molecule has 1 fully saturated rings. The number of rotatable bonds is 6. The van der Waals surface area contributed by atoms with Crippen LogP contribution >= 0.6 is 0 Å². The molecular formula is C13H25NO. The van der Waals surface area contributed by atoms with Crippen molar-refractivity contribution in [3.63, 3.8) is 0 Å². The minimum absolute atomic E-state index is 0.726. The lowest BCUT2D eigenvalue weighted by atomic mass is 9.86. The van der Waals surface area contributed by atoms with E-state index in [9.17, 15) is 0 Å². The molecule has 0 aliphatic heterocycles. The van der Waals surface area contributed by atoms with Gasteiger partial charge in [-0.2, -0.15) is 0 Å². The van der Waals surface area contributed by atoms with Crippen LogP contribution < -0.4 is 5.32 Å². The van der Waals surface area contributed by atoms with Crippen molar-refractivity contribution in [1.29, 1.82) is 0 Å². The van der Waals surface area contributed by atoms with E-state index in [1.165, 1.54) is 25.7 Å². The Morgan fingerprint density at radius 3 is 2.87 bits per heavy atom. The van der Waals surface area contributed by atoms with E-state index in [1.807, 2.05) is 19.1 Å². The van der Waals surface area contributed by atoms with Gasteiger partial charge in [0.05, 0.1) is 13.2 Å². The second kappa shape index (κ2) is 7.89. The normalized spacial score (nSPS) is 27.3. The van der Waals surface area contributed by atoms with Gasteiger partial charge in [-0.1, -0.05) is 31.9 Å². The van der Waals surface area contributed by atoms with Crippen LogP contribution in [0.2, 0.25) is 0 Å². The number of hydrogen-bond donors (Lipinski definition) is 1. The standard InChI is InChI=1S/C13H25NO/c1-3-4-10-15-11-9-14-13-8-6-5-7-12(13)2/h3-4,12-14H,5-11H2,1-2H3. The van der Waals surface area contributed by atoms with Gasteiger partial charge in [0, 0.05) is 12.6 Å². The molecule has 0 heterocycles. The molecule has 1 rings (SSSR count). The average Bonchev–Trinajstić information content (AvgIpc) is 2.25. The van der Waals surface area contributed by atoms with Crippen LogP contribution in [0.25, 0.3) is 0 Å². The third-order valence-corrected chi connectivity index (χ3v) is 3.21. The fraction of sp³-hybridized carbons (Fsp3) is 0.846. The molecule has 2 atom stereocenters. The molecule has 0 bridgehead atoms. The van der Waals surface area contributed by atoms with Crippen LogP contribution in [0.15, 0.2) is 12.2 Å². The molecule has 0 amide bonds. The Labute approximate surface area is 94.1 Å². The Hall–Kier alpha value is -0.340. The minimum atomic E-state index is 0.726.